The fourth-order valence-corrected chi connectivity index (χ4v) is 3.54. The van der Waals surface area contributed by atoms with Gasteiger partial charge in [0, 0.05) is 38.5 Å². The average molecular weight is 314 g/mol. The summed E-state index contributed by atoms with van der Waals surface area (Å²) in [5.74, 6) is 1.01. The minimum absolute atomic E-state index is 0.0201. The van der Waals surface area contributed by atoms with E-state index in [1.165, 1.54) is 5.56 Å². The number of furan rings is 1. The molecular weight excluding hydrogens is 292 g/mol. The van der Waals surface area contributed by atoms with Crippen LogP contribution in [-0.2, 0) is 22.6 Å². The summed E-state index contributed by atoms with van der Waals surface area (Å²) in [6.07, 6.45) is 7.58. The Morgan fingerprint density at radius 3 is 2.91 bits per heavy atom. The van der Waals surface area contributed by atoms with Crippen LogP contribution in [0, 0.1) is 0 Å². The van der Waals surface area contributed by atoms with Crippen LogP contribution in [-0.4, -0.2) is 41.3 Å². The largest absolute Gasteiger partial charge is 0.468 e. The summed E-state index contributed by atoms with van der Waals surface area (Å²) in [6, 6.07) is 7.96. The Bertz CT molecular complexity index is 608. The topological polar surface area (TPSA) is 47.7 Å². The zero-order chi connectivity index (χ0) is 15.5. The lowest BCUT2D eigenvalue weighted by Gasteiger charge is -2.53. The molecule has 4 heterocycles. The minimum atomic E-state index is -0.0201. The van der Waals surface area contributed by atoms with Crippen LogP contribution in [0.3, 0.4) is 0 Å². The summed E-state index contributed by atoms with van der Waals surface area (Å²) < 4.78 is 17.6. The number of hydrogen-bond donors (Lipinski definition) is 0. The van der Waals surface area contributed by atoms with Gasteiger partial charge in [-0.2, -0.15) is 0 Å². The molecule has 0 saturated carbocycles. The maximum Gasteiger partial charge on any atom is 0.117 e. The van der Waals surface area contributed by atoms with E-state index in [1.807, 2.05) is 36.7 Å². The second-order valence-electron chi connectivity index (χ2n) is 6.54. The number of ether oxygens (including phenoxy) is 2. The molecule has 2 aliphatic rings. The van der Waals surface area contributed by atoms with Gasteiger partial charge in [-0.1, -0.05) is 0 Å². The predicted octanol–water partition coefficient (Wildman–Crippen LogP) is 2.62. The predicted molar refractivity (Wildman–Crippen MR) is 84.7 cm³/mol. The molecule has 4 rings (SSSR count). The summed E-state index contributed by atoms with van der Waals surface area (Å²) in [5, 5.41) is 0. The van der Waals surface area contributed by atoms with Gasteiger partial charge in [-0.15, -0.1) is 0 Å². The van der Waals surface area contributed by atoms with Gasteiger partial charge >= 0.3 is 0 Å². The number of pyridine rings is 1. The number of hydrogen-bond acceptors (Lipinski definition) is 5. The lowest BCUT2D eigenvalue weighted by Crippen LogP contribution is -2.65. The zero-order valence-electron chi connectivity index (χ0n) is 13.2. The molecule has 1 atom stereocenters. The molecule has 0 aromatic carbocycles. The maximum absolute atomic E-state index is 6.10. The third-order valence-corrected chi connectivity index (χ3v) is 4.67. The van der Waals surface area contributed by atoms with Crippen molar-refractivity contribution in [2.24, 2.45) is 0 Å². The summed E-state index contributed by atoms with van der Waals surface area (Å²) in [6.45, 7) is 4.22. The molecule has 2 aromatic heterocycles. The summed E-state index contributed by atoms with van der Waals surface area (Å²) in [5.41, 5.74) is 1.15. The van der Waals surface area contributed by atoms with Gasteiger partial charge in [-0.25, -0.2) is 0 Å². The van der Waals surface area contributed by atoms with Gasteiger partial charge in [0.2, 0.25) is 0 Å². The van der Waals surface area contributed by atoms with Gasteiger partial charge in [-0.05, 0) is 36.2 Å². The highest BCUT2D eigenvalue weighted by atomic mass is 16.5. The average Bonchev–Trinajstić information content (AvgIpc) is 3.06. The quantitative estimate of drug-likeness (QED) is 0.849. The van der Waals surface area contributed by atoms with Crippen LogP contribution < -0.4 is 0 Å². The van der Waals surface area contributed by atoms with Gasteiger partial charge in [0.1, 0.15) is 5.76 Å². The van der Waals surface area contributed by atoms with Crippen molar-refractivity contribution in [2.45, 2.75) is 37.7 Å². The zero-order valence-corrected chi connectivity index (χ0v) is 13.2. The monoisotopic (exact) mass is 314 g/mol. The minimum Gasteiger partial charge on any atom is -0.468 e. The first kappa shape index (κ1) is 14.9. The lowest BCUT2D eigenvalue weighted by molar-refractivity contribution is -0.201. The van der Waals surface area contributed by atoms with Crippen molar-refractivity contribution in [2.75, 3.05) is 19.7 Å². The van der Waals surface area contributed by atoms with Crippen molar-refractivity contribution >= 4 is 0 Å². The number of rotatable bonds is 5. The second-order valence-corrected chi connectivity index (χ2v) is 6.54. The fraction of sp³-hybridized carbons (Fsp3) is 0.500. The molecule has 0 N–H and O–H groups in total. The van der Waals surface area contributed by atoms with Crippen LogP contribution in [0.25, 0.3) is 0 Å². The molecule has 2 aliphatic heterocycles. The van der Waals surface area contributed by atoms with Gasteiger partial charge in [0.05, 0.1) is 31.1 Å². The number of nitrogens with zero attached hydrogens (tertiary/aromatic N) is 2. The highest BCUT2D eigenvalue weighted by molar-refractivity contribution is 5.08. The van der Waals surface area contributed by atoms with Crippen LogP contribution >= 0.6 is 0 Å². The standard InChI is InChI=1S/C18H22N2O3/c1-2-17(21-8-1)11-20-13-18(14-20)10-16(5-9-23-18)22-12-15-3-6-19-7-4-15/h1-4,6-8,16H,5,9-14H2. The second kappa shape index (κ2) is 6.43. The molecule has 23 heavy (non-hydrogen) atoms. The summed E-state index contributed by atoms with van der Waals surface area (Å²) >= 11 is 0. The Morgan fingerprint density at radius 2 is 2.13 bits per heavy atom. The van der Waals surface area contributed by atoms with Crippen molar-refractivity contribution in [3.8, 4) is 0 Å². The third-order valence-electron chi connectivity index (χ3n) is 4.67. The van der Waals surface area contributed by atoms with Crippen molar-refractivity contribution in [1.29, 1.82) is 0 Å². The van der Waals surface area contributed by atoms with Crippen LogP contribution in [0.2, 0.25) is 0 Å². The normalized spacial score (nSPS) is 23.7. The van der Waals surface area contributed by atoms with Crippen molar-refractivity contribution in [3.63, 3.8) is 0 Å². The molecule has 1 spiro atoms. The van der Waals surface area contributed by atoms with E-state index >= 15 is 0 Å². The van der Waals surface area contributed by atoms with E-state index in [0.717, 1.165) is 44.8 Å². The van der Waals surface area contributed by atoms with Crippen molar-refractivity contribution < 1.29 is 13.9 Å². The van der Waals surface area contributed by atoms with E-state index < -0.39 is 0 Å². The first-order chi connectivity index (χ1) is 11.3. The van der Waals surface area contributed by atoms with Crippen LogP contribution in [0.1, 0.15) is 24.2 Å². The van der Waals surface area contributed by atoms with E-state index in [0.29, 0.717) is 6.61 Å². The summed E-state index contributed by atoms with van der Waals surface area (Å²) in [7, 11) is 0. The van der Waals surface area contributed by atoms with E-state index in [2.05, 4.69) is 9.88 Å². The Kier molecular flexibility index (Phi) is 4.16. The van der Waals surface area contributed by atoms with Crippen LogP contribution in [0.15, 0.2) is 47.3 Å². The molecule has 5 heteroatoms. The van der Waals surface area contributed by atoms with Gasteiger partial charge in [0.25, 0.3) is 0 Å². The number of aromatic nitrogens is 1. The number of likely N-dealkylation sites (tertiary alicyclic amines) is 1. The first-order valence-corrected chi connectivity index (χ1v) is 8.21. The third kappa shape index (κ3) is 3.47. The summed E-state index contributed by atoms with van der Waals surface area (Å²) in [4.78, 5) is 6.40. The molecule has 2 saturated heterocycles. The molecule has 0 radical (unpaired) electrons. The molecule has 2 aromatic rings. The van der Waals surface area contributed by atoms with E-state index in [4.69, 9.17) is 13.9 Å². The fourth-order valence-electron chi connectivity index (χ4n) is 3.54. The molecule has 2 fully saturated rings. The van der Waals surface area contributed by atoms with Gasteiger partial charge < -0.3 is 13.9 Å². The van der Waals surface area contributed by atoms with E-state index in [9.17, 15) is 0 Å². The van der Waals surface area contributed by atoms with E-state index in [-0.39, 0.29) is 11.7 Å². The van der Waals surface area contributed by atoms with Gasteiger partial charge in [-0.3, -0.25) is 9.88 Å². The first-order valence-electron chi connectivity index (χ1n) is 8.21. The lowest BCUT2D eigenvalue weighted by atomic mass is 9.84. The molecular formula is C18H22N2O3. The van der Waals surface area contributed by atoms with Gasteiger partial charge in [0.15, 0.2) is 0 Å². The molecule has 5 nitrogen and oxygen atoms in total. The Balaban J connectivity index is 1.27. The van der Waals surface area contributed by atoms with Crippen molar-refractivity contribution in [1.82, 2.24) is 9.88 Å². The molecule has 122 valence electrons. The van der Waals surface area contributed by atoms with E-state index in [1.54, 1.807) is 6.26 Å². The van der Waals surface area contributed by atoms with Crippen LogP contribution in [0.5, 0.6) is 0 Å². The molecule has 0 amide bonds. The smallest absolute Gasteiger partial charge is 0.117 e. The highest BCUT2D eigenvalue weighted by Crippen LogP contribution is 2.36. The Morgan fingerprint density at radius 1 is 1.26 bits per heavy atom. The molecule has 0 bridgehead atoms. The molecule has 1 unspecified atom stereocenters. The Hall–Kier alpha value is -1.69. The SMILES string of the molecule is c1coc(CN2CC3(CC(OCc4ccncc4)CCO3)C2)c1. The Labute approximate surface area is 136 Å². The maximum atomic E-state index is 6.10. The molecule has 0 aliphatic carbocycles. The highest BCUT2D eigenvalue weighted by Gasteiger charge is 2.47. The van der Waals surface area contributed by atoms with Crippen molar-refractivity contribution in [3.05, 3.63) is 54.2 Å². The van der Waals surface area contributed by atoms with Crippen LogP contribution in [0.4, 0.5) is 0 Å².